The zero-order valence-electron chi connectivity index (χ0n) is 14.5. The van der Waals surface area contributed by atoms with Crippen molar-refractivity contribution in [3.8, 4) is 0 Å². The van der Waals surface area contributed by atoms with Crippen LogP contribution < -0.4 is 0 Å². The number of ether oxygens (including phenoxy) is 1. The lowest BCUT2D eigenvalue weighted by Gasteiger charge is -2.17. The zero-order chi connectivity index (χ0) is 17.6. The van der Waals surface area contributed by atoms with Crippen LogP contribution in [0, 0.1) is 0 Å². The molecule has 0 aromatic rings. The number of carbonyl (C=O) groups excluding carboxylic acids is 1. The van der Waals surface area contributed by atoms with Crippen LogP contribution in [-0.4, -0.2) is 42.2 Å². The zero-order valence-corrected chi connectivity index (χ0v) is 16.2. The molecule has 0 amide bonds. The molecule has 0 radical (unpaired) electrons. The third-order valence-electron chi connectivity index (χ3n) is 3.09. The highest BCUT2D eigenvalue weighted by molar-refractivity contribution is 8.14. The Morgan fingerprint density at radius 1 is 1.13 bits per heavy atom. The minimum absolute atomic E-state index is 0.0580. The van der Waals surface area contributed by atoms with Gasteiger partial charge in [0.25, 0.3) is 0 Å². The molecule has 1 unspecified atom stereocenters. The molecule has 0 bridgehead atoms. The Balaban J connectivity index is 4.16. The summed E-state index contributed by atoms with van der Waals surface area (Å²) in [5.41, 5.74) is 0. The van der Waals surface area contributed by atoms with Gasteiger partial charge in [-0.1, -0.05) is 51.3 Å². The number of rotatable bonds is 15. The van der Waals surface area contributed by atoms with Gasteiger partial charge in [0.05, 0.1) is 18.5 Å². The fraction of sp³-hybridized carbons (Fsp3) is 0.933. The first-order valence-electron chi connectivity index (χ1n) is 8.25. The molecule has 0 aliphatic carbocycles. The molecule has 0 fully saturated rings. The molecule has 138 valence electrons. The van der Waals surface area contributed by atoms with Crippen LogP contribution in [0.3, 0.4) is 0 Å². The van der Waals surface area contributed by atoms with E-state index >= 15 is 0 Å². The van der Waals surface area contributed by atoms with Crippen molar-refractivity contribution < 1.29 is 28.0 Å². The number of phosphoric acid groups is 1. The van der Waals surface area contributed by atoms with E-state index < -0.39 is 7.82 Å². The van der Waals surface area contributed by atoms with Crippen LogP contribution in [0.2, 0.25) is 0 Å². The topological polar surface area (TPSA) is 82.1 Å². The van der Waals surface area contributed by atoms with Crippen molar-refractivity contribution in [2.45, 2.75) is 64.0 Å². The van der Waals surface area contributed by atoms with Gasteiger partial charge in [0.1, 0.15) is 0 Å². The van der Waals surface area contributed by atoms with Gasteiger partial charge >= 0.3 is 7.82 Å². The Labute approximate surface area is 144 Å². The molecule has 0 saturated heterocycles. The van der Waals surface area contributed by atoms with Gasteiger partial charge in [-0.2, -0.15) is 0 Å². The van der Waals surface area contributed by atoms with Gasteiger partial charge in [-0.05, 0) is 12.8 Å². The van der Waals surface area contributed by atoms with Crippen molar-refractivity contribution in [3.05, 3.63) is 0 Å². The maximum absolute atomic E-state index is 12.0. The summed E-state index contributed by atoms with van der Waals surface area (Å²) >= 11 is 1.13. The third kappa shape index (κ3) is 14.2. The van der Waals surface area contributed by atoms with Crippen molar-refractivity contribution in [2.75, 3.05) is 26.9 Å². The van der Waals surface area contributed by atoms with E-state index in [1.165, 1.54) is 12.8 Å². The van der Waals surface area contributed by atoms with Crippen LogP contribution in [-0.2, 0) is 23.1 Å². The average molecular weight is 370 g/mol. The number of unbranched alkanes of at least 4 members (excludes halogenated alkanes) is 4. The van der Waals surface area contributed by atoms with Crippen LogP contribution in [0.1, 0.15) is 58.8 Å². The van der Waals surface area contributed by atoms with Gasteiger partial charge in [0.2, 0.25) is 0 Å². The van der Waals surface area contributed by atoms with E-state index in [2.05, 4.69) is 11.4 Å². The van der Waals surface area contributed by atoms with E-state index in [1.807, 2.05) is 6.92 Å². The summed E-state index contributed by atoms with van der Waals surface area (Å²) < 4.78 is 26.0. The SMILES string of the molecule is CCCCCCCC(=O)S[C@@H](COCCC)COP(=O)(O)OC. The first kappa shape index (κ1) is 23.1. The van der Waals surface area contributed by atoms with Crippen LogP contribution in [0.4, 0.5) is 0 Å². The largest absolute Gasteiger partial charge is 0.471 e. The second kappa shape index (κ2) is 14.4. The molecule has 8 heteroatoms. The highest BCUT2D eigenvalue weighted by atomic mass is 32.2. The number of phosphoric ester groups is 1. The summed E-state index contributed by atoms with van der Waals surface area (Å²) in [4.78, 5) is 21.3. The van der Waals surface area contributed by atoms with Crippen molar-refractivity contribution >= 4 is 24.7 Å². The molecule has 0 spiro atoms. The van der Waals surface area contributed by atoms with Gasteiger partial charge < -0.3 is 9.63 Å². The molecule has 0 rings (SSSR count). The lowest BCUT2D eigenvalue weighted by atomic mass is 10.1. The fourth-order valence-corrected chi connectivity index (χ4v) is 3.33. The first-order valence-corrected chi connectivity index (χ1v) is 10.6. The predicted octanol–water partition coefficient (Wildman–Crippen LogP) is 4.17. The lowest BCUT2D eigenvalue weighted by molar-refractivity contribution is -0.111. The van der Waals surface area contributed by atoms with Crippen molar-refractivity contribution in [1.29, 1.82) is 0 Å². The summed E-state index contributed by atoms with van der Waals surface area (Å²) in [6, 6.07) is 0. The number of hydrogen-bond donors (Lipinski definition) is 1. The highest BCUT2D eigenvalue weighted by Crippen LogP contribution is 2.42. The number of hydrogen-bond acceptors (Lipinski definition) is 6. The standard InChI is InChI=1S/C15H31O6PS/c1-4-6-7-8-9-10-15(16)23-14(12-20-11-5-2)13-21-22(17,18)19-3/h14H,4-13H2,1-3H3,(H,17,18)/t14-/m0/s1. The summed E-state index contributed by atoms with van der Waals surface area (Å²) in [7, 11) is -2.91. The van der Waals surface area contributed by atoms with Crippen LogP contribution >= 0.6 is 19.6 Å². The molecule has 2 atom stereocenters. The number of carbonyl (C=O) groups is 1. The molecular formula is C15H31O6PS. The summed E-state index contributed by atoms with van der Waals surface area (Å²) in [5.74, 6) is 0. The number of thioether (sulfide) groups is 1. The Morgan fingerprint density at radius 2 is 1.83 bits per heavy atom. The maximum Gasteiger partial charge on any atom is 0.471 e. The maximum atomic E-state index is 12.0. The van der Waals surface area contributed by atoms with E-state index in [9.17, 15) is 14.3 Å². The van der Waals surface area contributed by atoms with Crippen molar-refractivity contribution in [2.24, 2.45) is 0 Å². The molecule has 0 aliphatic rings. The van der Waals surface area contributed by atoms with Gasteiger partial charge in [-0.3, -0.25) is 13.8 Å². The normalized spacial score (nSPS) is 15.3. The molecular weight excluding hydrogens is 339 g/mol. The fourth-order valence-electron chi connectivity index (χ4n) is 1.82. The van der Waals surface area contributed by atoms with E-state index in [0.717, 1.165) is 44.6 Å². The van der Waals surface area contributed by atoms with E-state index in [4.69, 9.17) is 9.26 Å². The van der Waals surface area contributed by atoms with Crippen LogP contribution in [0.15, 0.2) is 0 Å². The van der Waals surface area contributed by atoms with E-state index in [1.54, 1.807) is 0 Å². The quantitative estimate of drug-likeness (QED) is 0.342. The summed E-state index contributed by atoms with van der Waals surface area (Å²) in [6.07, 6.45) is 6.86. The molecule has 0 aromatic carbocycles. The molecule has 0 saturated carbocycles. The Kier molecular flexibility index (Phi) is 14.5. The Morgan fingerprint density at radius 3 is 2.43 bits per heavy atom. The van der Waals surface area contributed by atoms with Crippen LogP contribution in [0.5, 0.6) is 0 Å². The molecule has 0 heterocycles. The van der Waals surface area contributed by atoms with Gasteiger partial charge in [0.15, 0.2) is 5.12 Å². The Bertz CT molecular complexity index is 353. The minimum atomic E-state index is -4.02. The molecule has 6 nitrogen and oxygen atoms in total. The van der Waals surface area contributed by atoms with Gasteiger partial charge in [-0.15, -0.1) is 0 Å². The monoisotopic (exact) mass is 370 g/mol. The molecule has 0 aromatic heterocycles. The summed E-state index contributed by atoms with van der Waals surface area (Å²) in [6.45, 7) is 4.99. The summed E-state index contributed by atoms with van der Waals surface area (Å²) in [5, 5.41) is -0.235. The van der Waals surface area contributed by atoms with Gasteiger partial charge in [0, 0.05) is 20.1 Å². The molecule has 0 aliphatic heterocycles. The second-order valence-electron chi connectivity index (χ2n) is 5.30. The lowest BCUT2D eigenvalue weighted by Crippen LogP contribution is -2.21. The van der Waals surface area contributed by atoms with Crippen molar-refractivity contribution in [1.82, 2.24) is 0 Å². The molecule has 1 N–H and O–H groups in total. The average Bonchev–Trinajstić information content (AvgIpc) is 2.52. The van der Waals surface area contributed by atoms with E-state index in [0.29, 0.717) is 19.6 Å². The van der Waals surface area contributed by atoms with E-state index in [-0.39, 0.29) is 17.0 Å². The first-order chi connectivity index (χ1) is 10.9. The second-order valence-corrected chi connectivity index (χ2v) is 8.22. The predicted molar refractivity (Wildman–Crippen MR) is 93.7 cm³/mol. The highest BCUT2D eigenvalue weighted by Gasteiger charge is 2.23. The Hall–Kier alpha value is 0.0900. The minimum Gasteiger partial charge on any atom is -0.380 e. The third-order valence-corrected chi connectivity index (χ3v) is 5.10. The smallest absolute Gasteiger partial charge is 0.380 e. The molecule has 23 heavy (non-hydrogen) atoms. The van der Waals surface area contributed by atoms with Crippen LogP contribution in [0.25, 0.3) is 0 Å². The van der Waals surface area contributed by atoms with Gasteiger partial charge in [-0.25, -0.2) is 4.57 Å². The van der Waals surface area contributed by atoms with Crippen molar-refractivity contribution in [3.63, 3.8) is 0 Å².